The van der Waals surface area contributed by atoms with E-state index >= 15 is 0 Å². The molecule has 1 aliphatic rings. The summed E-state index contributed by atoms with van der Waals surface area (Å²) in [4.78, 5) is 38.5. The molecule has 1 aliphatic heterocycles. The summed E-state index contributed by atoms with van der Waals surface area (Å²) in [6, 6.07) is 4.74. The number of carbonyl (C=O) groups excluding carboxylic acids is 3. The number of hydrogen-bond acceptors (Lipinski definition) is 3. The lowest BCUT2D eigenvalue weighted by atomic mass is 10.1. The van der Waals surface area contributed by atoms with Gasteiger partial charge in [0, 0.05) is 52.5 Å². The highest BCUT2D eigenvalue weighted by Gasteiger charge is 2.30. The van der Waals surface area contributed by atoms with E-state index in [2.05, 4.69) is 5.32 Å². The Balaban J connectivity index is 1.74. The smallest absolute Gasteiger partial charge is 0.352 e. The van der Waals surface area contributed by atoms with E-state index in [0.717, 1.165) is 12.1 Å². The molecule has 9 heteroatoms. The second-order valence-electron chi connectivity index (χ2n) is 6.36. The molecule has 6 nitrogen and oxygen atoms in total. The van der Waals surface area contributed by atoms with Crippen molar-refractivity contribution < 1.29 is 27.6 Å². The van der Waals surface area contributed by atoms with Crippen molar-refractivity contribution in [3.05, 3.63) is 35.4 Å². The Bertz CT molecular complexity index is 699. The van der Waals surface area contributed by atoms with Crippen molar-refractivity contribution in [2.24, 2.45) is 0 Å². The van der Waals surface area contributed by atoms with Gasteiger partial charge in [0.2, 0.25) is 17.7 Å². The van der Waals surface area contributed by atoms with E-state index in [1.807, 2.05) is 0 Å². The van der Waals surface area contributed by atoms with Crippen molar-refractivity contribution in [1.82, 2.24) is 15.1 Å². The van der Waals surface area contributed by atoms with Crippen molar-refractivity contribution >= 4 is 17.7 Å². The lowest BCUT2D eigenvalue weighted by Gasteiger charge is -2.34. The molecular formula is C18H22F3N3O3. The number of nitrogens with zero attached hydrogens (tertiary/aromatic N) is 2. The summed E-state index contributed by atoms with van der Waals surface area (Å²) in [5.41, 5.74) is -0.431. The summed E-state index contributed by atoms with van der Waals surface area (Å²) in [5.74, 6) is -0.605. The van der Waals surface area contributed by atoms with E-state index in [0.29, 0.717) is 31.7 Å². The van der Waals surface area contributed by atoms with Crippen LogP contribution in [0, 0.1) is 0 Å². The molecule has 148 valence electrons. The van der Waals surface area contributed by atoms with Crippen LogP contribution in [0.1, 0.15) is 30.9 Å². The van der Waals surface area contributed by atoms with Crippen LogP contribution in [0.3, 0.4) is 0 Å². The highest BCUT2D eigenvalue weighted by molar-refractivity contribution is 5.84. The molecule has 0 radical (unpaired) electrons. The molecule has 0 unspecified atom stereocenters. The van der Waals surface area contributed by atoms with Gasteiger partial charge in [-0.15, -0.1) is 0 Å². The number of amides is 3. The maximum Gasteiger partial charge on any atom is 0.416 e. The molecular weight excluding hydrogens is 363 g/mol. The van der Waals surface area contributed by atoms with Crippen LogP contribution in [0.15, 0.2) is 24.3 Å². The third kappa shape index (κ3) is 6.26. The zero-order valence-corrected chi connectivity index (χ0v) is 15.0. The summed E-state index contributed by atoms with van der Waals surface area (Å²) in [6.07, 6.45) is -4.45. The van der Waals surface area contributed by atoms with Crippen molar-refractivity contribution in [2.75, 3.05) is 26.2 Å². The zero-order valence-electron chi connectivity index (χ0n) is 15.0. The second-order valence-corrected chi connectivity index (χ2v) is 6.36. The van der Waals surface area contributed by atoms with Crippen molar-refractivity contribution in [3.8, 4) is 0 Å². The maximum atomic E-state index is 12.7. The summed E-state index contributed by atoms with van der Waals surface area (Å²) >= 11 is 0. The minimum absolute atomic E-state index is 0.0223. The molecule has 0 bridgehead atoms. The number of benzene rings is 1. The van der Waals surface area contributed by atoms with Gasteiger partial charge in [0.25, 0.3) is 0 Å². The Morgan fingerprint density at radius 3 is 2.26 bits per heavy atom. The molecule has 0 aromatic heterocycles. The molecule has 1 heterocycles. The molecule has 1 aromatic carbocycles. The monoisotopic (exact) mass is 385 g/mol. The molecule has 0 spiro atoms. The van der Waals surface area contributed by atoms with Gasteiger partial charge in [-0.3, -0.25) is 14.4 Å². The maximum absolute atomic E-state index is 12.7. The molecule has 1 saturated heterocycles. The summed E-state index contributed by atoms with van der Waals surface area (Å²) in [7, 11) is 0. The Hall–Kier alpha value is -2.58. The molecule has 1 fully saturated rings. The molecule has 0 atom stereocenters. The first-order valence-corrected chi connectivity index (χ1v) is 8.63. The van der Waals surface area contributed by atoms with Crippen molar-refractivity contribution in [2.45, 2.75) is 32.5 Å². The van der Waals surface area contributed by atoms with Gasteiger partial charge in [-0.25, -0.2) is 0 Å². The van der Waals surface area contributed by atoms with Crippen LogP contribution in [-0.2, 0) is 27.1 Å². The Labute approximate surface area is 155 Å². The number of piperazine rings is 1. The molecule has 0 saturated carbocycles. The Kier molecular flexibility index (Phi) is 6.81. The molecule has 1 N–H and O–H groups in total. The second kappa shape index (κ2) is 8.88. The van der Waals surface area contributed by atoms with Crippen LogP contribution >= 0.6 is 0 Å². The van der Waals surface area contributed by atoms with E-state index in [4.69, 9.17) is 0 Å². The number of hydrogen-bond donors (Lipinski definition) is 1. The third-order valence-electron chi connectivity index (χ3n) is 4.39. The van der Waals surface area contributed by atoms with E-state index in [1.54, 1.807) is 9.80 Å². The fourth-order valence-corrected chi connectivity index (χ4v) is 2.80. The van der Waals surface area contributed by atoms with Crippen LogP contribution in [0.25, 0.3) is 0 Å². The topological polar surface area (TPSA) is 69.7 Å². The predicted molar refractivity (Wildman–Crippen MR) is 91.4 cm³/mol. The first-order chi connectivity index (χ1) is 12.7. The Morgan fingerprint density at radius 1 is 1.04 bits per heavy atom. The first kappa shape index (κ1) is 20.7. The van der Waals surface area contributed by atoms with Crippen LogP contribution in [0.5, 0.6) is 0 Å². The lowest BCUT2D eigenvalue weighted by molar-refractivity contribution is -0.139. The highest BCUT2D eigenvalue weighted by Crippen LogP contribution is 2.29. The fraction of sp³-hybridized carbons (Fsp3) is 0.500. The van der Waals surface area contributed by atoms with Gasteiger partial charge in [0.15, 0.2) is 0 Å². The number of carbonyl (C=O) groups is 3. The third-order valence-corrected chi connectivity index (χ3v) is 4.39. The summed E-state index contributed by atoms with van der Waals surface area (Å²) in [5, 5.41) is 2.53. The molecule has 0 aliphatic carbocycles. The fourth-order valence-electron chi connectivity index (χ4n) is 2.80. The standard InChI is InChI=1S/C18H22F3N3O3/c1-13(25)23-7-9-24(10-8-23)17(27)6-5-16(26)22-12-14-3-2-4-15(11-14)18(19,20)21/h2-4,11H,5-10,12H2,1H3,(H,22,26). The summed E-state index contributed by atoms with van der Waals surface area (Å²) < 4.78 is 38.0. The van der Waals surface area contributed by atoms with E-state index < -0.39 is 17.6 Å². The van der Waals surface area contributed by atoms with E-state index in [-0.39, 0.29) is 31.2 Å². The van der Waals surface area contributed by atoms with Gasteiger partial charge < -0.3 is 15.1 Å². The van der Waals surface area contributed by atoms with Crippen molar-refractivity contribution in [1.29, 1.82) is 0 Å². The van der Waals surface area contributed by atoms with Crippen LogP contribution in [0.4, 0.5) is 13.2 Å². The first-order valence-electron chi connectivity index (χ1n) is 8.63. The van der Waals surface area contributed by atoms with Gasteiger partial charge in [0.1, 0.15) is 0 Å². The molecule has 2 rings (SSSR count). The van der Waals surface area contributed by atoms with Gasteiger partial charge in [-0.05, 0) is 17.7 Å². The van der Waals surface area contributed by atoms with Crippen molar-refractivity contribution in [3.63, 3.8) is 0 Å². The molecule has 3 amide bonds. The molecule has 1 aromatic rings. The minimum Gasteiger partial charge on any atom is -0.352 e. The Morgan fingerprint density at radius 2 is 1.67 bits per heavy atom. The van der Waals surface area contributed by atoms with Crippen LogP contribution in [-0.4, -0.2) is 53.7 Å². The normalized spacial score (nSPS) is 14.8. The largest absolute Gasteiger partial charge is 0.416 e. The average molecular weight is 385 g/mol. The number of rotatable bonds is 5. The number of alkyl halides is 3. The zero-order chi connectivity index (χ0) is 20.0. The van der Waals surface area contributed by atoms with Gasteiger partial charge >= 0.3 is 6.18 Å². The van der Waals surface area contributed by atoms with E-state index in [9.17, 15) is 27.6 Å². The van der Waals surface area contributed by atoms with Gasteiger partial charge in [0.05, 0.1) is 5.56 Å². The predicted octanol–water partition coefficient (Wildman–Crippen LogP) is 1.79. The van der Waals surface area contributed by atoms with Crippen LogP contribution < -0.4 is 5.32 Å². The summed E-state index contributed by atoms with van der Waals surface area (Å²) in [6.45, 7) is 3.26. The van der Waals surface area contributed by atoms with Gasteiger partial charge in [-0.2, -0.15) is 13.2 Å². The SMILES string of the molecule is CC(=O)N1CCN(C(=O)CCC(=O)NCc2cccc(C(F)(F)F)c2)CC1. The number of nitrogens with one attached hydrogen (secondary N) is 1. The van der Waals surface area contributed by atoms with Gasteiger partial charge in [-0.1, -0.05) is 12.1 Å². The highest BCUT2D eigenvalue weighted by atomic mass is 19.4. The van der Waals surface area contributed by atoms with E-state index in [1.165, 1.54) is 19.1 Å². The lowest BCUT2D eigenvalue weighted by Crippen LogP contribution is -2.50. The average Bonchev–Trinajstić information content (AvgIpc) is 2.64. The quantitative estimate of drug-likeness (QED) is 0.840. The van der Waals surface area contributed by atoms with Crippen LogP contribution in [0.2, 0.25) is 0 Å². The molecule has 27 heavy (non-hydrogen) atoms. The minimum atomic E-state index is -4.43. The number of halogens is 3.